The molecule has 2 nitrogen and oxygen atoms in total. The maximum Gasteiger partial charge on any atom is 0.249 e. The summed E-state index contributed by atoms with van der Waals surface area (Å²) in [4.78, 5) is 10.3. The van der Waals surface area contributed by atoms with E-state index in [-0.39, 0.29) is 13.4 Å². The molecule has 0 saturated carbocycles. The predicted octanol–water partition coefficient (Wildman–Crippen LogP) is 12.3. The lowest BCUT2D eigenvalue weighted by Crippen LogP contribution is -2.63. The van der Waals surface area contributed by atoms with Crippen LogP contribution < -0.4 is 42.6 Å². The second-order valence-electron chi connectivity index (χ2n) is 18.2. The van der Waals surface area contributed by atoms with Gasteiger partial charge in [-0.15, -0.1) is 0 Å². The van der Waals surface area contributed by atoms with E-state index in [2.05, 4.69) is 227 Å². The minimum atomic E-state index is 0.0592. The van der Waals surface area contributed by atoms with Crippen LogP contribution in [-0.2, 0) is 0 Å². The van der Waals surface area contributed by atoms with E-state index in [0.29, 0.717) is 17.8 Å². The van der Waals surface area contributed by atoms with Crippen LogP contribution in [0.5, 0.6) is 0 Å². The first kappa shape index (κ1) is 40.0. The Hall–Kier alpha value is -5.81. The van der Waals surface area contributed by atoms with Gasteiger partial charge in [0.25, 0.3) is 0 Å². The van der Waals surface area contributed by atoms with E-state index in [1.807, 2.05) is 23.5 Å². The molecule has 0 aliphatic carbocycles. The van der Waals surface area contributed by atoms with Crippen LogP contribution in [0.3, 0.4) is 0 Å². The van der Waals surface area contributed by atoms with Crippen molar-refractivity contribution in [1.82, 2.24) is 0 Å². The van der Waals surface area contributed by atoms with Gasteiger partial charge in [0.2, 0.25) is 13.4 Å². The first-order valence-corrected chi connectivity index (χ1v) is 24.2. The molecule has 0 saturated heterocycles. The van der Waals surface area contributed by atoms with Crippen LogP contribution in [0.4, 0.5) is 34.1 Å². The lowest BCUT2D eigenvalue weighted by molar-refractivity contribution is 0.812. The molecule has 3 heterocycles. The fraction of sp³-hybridized carbons (Fsp3) is 0.158. The molecule has 0 atom stereocenters. The second kappa shape index (κ2) is 16.1. The Morgan fingerprint density at radius 2 is 0.905 bits per heavy atom. The quantitative estimate of drug-likeness (QED) is 0.141. The Labute approximate surface area is 383 Å². The molecule has 0 bridgehead atoms. The predicted molar refractivity (Wildman–Crippen MR) is 275 cm³/mol. The summed E-state index contributed by atoms with van der Waals surface area (Å²) >= 11 is 3.86. The first-order valence-electron chi connectivity index (χ1n) is 22.6. The molecule has 63 heavy (non-hydrogen) atoms. The minimum absolute atomic E-state index is 0.0592. The third-order valence-corrected chi connectivity index (χ3v) is 15.6. The molecule has 0 spiro atoms. The highest BCUT2D eigenvalue weighted by Gasteiger charge is 2.44. The largest absolute Gasteiger partial charge is 0.311 e. The first-order chi connectivity index (χ1) is 30.7. The highest BCUT2D eigenvalue weighted by Crippen LogP contribution is 2.47. The molecule has 3 aliphatic heterocycles. The molecule has 11 rings (SSSR count). The molecule has 0 unspecified atom stereocenters. The summed E-state index contributed by atoms with van der Waals surface area (Å²) in [5, 5.41) is 0. The maximum absolute atomic E-state index is 2.65. The SMILES string of the molecule is CC(C)c1cc(C(C)C)c(B2c3ccccc3Sc3cc4c(cc32)B2c3ccccc3Sc3cc(N(c5ccccc5)c5ccccc5)cc(c32)N4c2ccccc2)c(C(C)C)c1. The van der Waals surface area contributed by atoms with E-state index in [4.69, 9.17) is 0 Å². The van der Waals surface area contributed by atoms with Crippen molar-refractivity contribution in [3.05, 3.63) is 193 Å². The van der Waals surface area contributed by atoms with E-state index < -0.39 is 0 Å². The van der Waals surface area contributed by atoms with Crippen LogP contribution in [-0.4, -0.2) is 13.4 Å². The van der Waals surface area contributed by atoms with E-state index in [9.17, 15) is 0 Å². The van der Waals surface area contributed by atoms with Crippen LogP contribution in [0.15, 0.2) is 196 Å². The second-order valence-corrected chi connectivity index (χ2v) is 20.4. The van der Waals surface area contributed by atoms with Crippen molar-refractivity contribution in [2.24, 2.45) is 0 Å². The number of hydrogen-bond donors (Lipinski definition) is 0. The molecule has 0 aromatic heterocycles. The number of benzene rings is 8. The van der Waals surface area contributed by atoms with Gasteiger partial charge < -0.3 is 9.80 Å². The van der Waals surface area contributed by atoms with Crippen molar-refractivity contribution in [3.63, 3.8) is 0 Å². The van der Waals surface area contributed by atoms with Gasteiger partial charge in [0.15, 0.2) is 0 Å². The topological polar surface area (TPSA) is 6.48 Å². The van der Waals surface area contributed by atoms with Gasteiger partial charge in [-0.05, 0) is 112 Å². The Balaban J connectivity index is 1.21. The van der Waals surface area contributed by atoms with E-state index in [0.717, 1.165) is 22.7 Å². The van der Waals surface area contributed by atoms with Gasteiger partial charge in [-0.1, -0.05) is 196 Å². The summed E-state index contributed by atoms with van der Waals surface area (Å²) in [5.41, 5.74) is 19.9. The van der Waals surface area contributed by atoms with Gasteiger partial charge in [-0.25, -0.2) is 0 Å². The normalized spacial score (nSPS) is 13.4. The van der Waals surface area contributed by atoms with Gasteiger partial charge in [-0.3, -0.25) is 0 Å². The number of fused-ring (bicyclic) bond motifs is 6. The highest BCUT2D eigenvalue weighted by molar-refractivity contribution is 8.00. The highest BCUT2D eigenvalue weighted by atomic mass is 32.2. The van der Waals surface area contributed by atoms with E-state index in [1.54, 1.807) is 0 Å². The third-order valence-electron chi connectivity index (χ3n) is 13.3. The molecule has 8 aromatic rings. The van der Waals surface area contributed by atoms with Crippen molar-refractivity contribution in [2.75, 3.05) is 9.80 Å². The number of nitrogens with zero attached hydrogens (tertiary/aromatic N) is 2. The van der Waals surface area contributed by atoms with Crippen molar-refractivity contribution in [3.8, 4) is 0 Å². The Kier molecular flexibility index (Phi) is 10.2. The fourth-order valence-electron chi connectivity index (χ4n) is 10.4. The zero-order valence-electron chi connectivity index (χ0n) is 36.8. The molecular weight excluding hydrogens is 798 g/mol. The summed E-state index contributed by atoms with van der Waals surface area (Å²) in [6.45, 7) is 14.4. The van der Waals surface area contributed by atoms with Crippen LogP contribution in [0.25, 0.3) is 0 Å². The summed E-state index contributed by atoms with van der Waals surface area (Å²) in [5.74, 6) is 1.22. The van der Waals surface area contributed by atoms with Crippen molar-refractivity contribution >= 4 is 104 Å². The molecule has 0 N–H and O–H groups in total. The molecule has 6 heteroatoms. The number of hydrogen-bond acceptors (Lipinski definition) is 4. The summed E-state index contributed by atoms with van der Waals surface area (Å²) < 4.78 is 0. The lowest BCUT2D eigenvalue weighted by Gasteiger charge is -2.42. The van der Waals surface area contributed by atoms with Gasteiger partial charge in [0.05, 0.1) is 0 Å². The molecular formula is C57H50B2N2S2. The fourth-order valence-corrected chi connectivity index (χ4v) is 12.7. The monoisotopic (exact) mass is 848 g/mol. The summed E-state index contributed by atoms with van der Waals surface area (Å²) in [7, 11) is 0. The van der Waals surface area contributed by atoms with Crippen molar-refractivity contribution in [1.29, 1.82) is 0 Å². The lowest BCUT2D eigenvalue weighted by atomic mass is 9.31. The van der Waals surface area contributed by atoms with E-state index >= 15 is 0 Å². The number of para-hydroxylation sites is 3. The zero-order valence-corrected chi connectivity index (χ0v) is 38.5. The smallest absolute Gasteiger partial charge is 0.249 e. The van der Waals surface area contributed by atoms with Crippen LogP contribution in [0, 0.1) is 0 Å². The number of rotatable bonds is 8. The molecule has 0 fully saturated rings. The van der Waals surface area contributed by atoms with Gasteiger partial charge >= 0.3 is 0 Å². The summed E-state index contributed by atoms with van der Waals surface area (Å²) in [6, 6.07) is 66.3. The van der Waals surface area contributed by atoms with Crippen LogP contribution >= 0.6 is 23.5 Å². The number of anilines is 6. The van der Waals surface area contributed by atoms with Gasteiger partial charge in [0.1, 0.15) is 0 Å². The average molecular weight is 849 g/mol. The average Bonchev–Trinajstić information content (AvgIpc) is 3.30. The molecule has 306 valence electrons. The van der Waals surface area contributed by atoms with Crippen LogP contribution in [0.2, 0.25) is 0 Å². The Bertz CT molecular complexity index is 2950. The summed E-state index contributed by atoms with van der Waals surface area (Å²) in [6.07, 6.45) is 0. The molecule has 8 aromatic carbocycles. The molecule has 3 aliphatic rings. The van der Waals surface area contributed by atoms with Gasteiger partial charge in [0, 0.05) is 53.7 Å². The van der Waals surface area contributed by atoms with Gasteiger partial charge in [-0.2, -0.15) is 0 Å². The zero-order chi connectivity index (χ0) is 42.9. The van der Waals surface area contributed by atoms with E-state index in [1.165, 1.54) is 80.4 Å². The van der Waals surface area contributed by atoms with Crippen molar-refractivity contribution < 1.29 is 0 Å². The minimum Gasteiger partial charge on any atom is -0.311 e. The third kappa shape index (κ3) is 6.76. The standard InChI is InChI=1S/C57H50B2N2S2/c1-36(2)39-30-44(37(3)4)56(45(31-39)38(5)6)59-47-27-17-18-28-52(47)62-54-35-50-48(34-49(54)59)58-46-26-16-19-29-53(46)63-55-33-43(32-51(57(55)58)61(50)42-24-14-9-15-25-42)60(40-20-10-7-11-21-40)41-22-12-8-13-23-41/h7-38H,1-6H3. The van der Waals surface area contributed by atoms with Crippen LogP contribution in [0.1, 0.15) is 76.0 Å². The van der Waals surface area contributed by atoms with Crippen molar-refractivity contribution in [2.45, 2.75) is 78.9 Å². The molecule has 0 amide bonds. The molecule has 0 radical (unpaired) electrons. The Morgan fingerprint density at radius 3 is 1.46 bits per heavy atom. The Morgan fingerprint density at radius 1 is 0.397 bits per heavy atom. The maximum atomic E-state index is 2.65.